The van der Waals surface area contributed by atoms with Gasteiger partial charge in [-0.3, -0.25) is 14.9 Å². The van der Waals surface area contributed by atoms with E-state index in [1.807, 2.05) is 25.1 Å². The monoisotopic (exact) mass is 446 g/mol. The van der Waals surface area contributed by atoms with Gasteiger partial charge in [-0.15, -0.1) is 0 Å². The number of hydrogen-bond acceptors (Lipinski definition) is 4. The van der Waals surface area contributed by atoms with Crippen LogP contribution in [0.1, 0.15) is 16.7 Å². The molecule has 1 N–H and O–H groups in total. The Morgan fingerprint density at radius 3 is 2.44 bits per heavy atom. The van der Waals surface area contributed by atoms with E-state index < -0.39 is 17.8 Å². The Kier molecular flexibility index (Phi) is 6.05. The molecule has 7 heteroatoms. The molecule has 3 aromatic rings. The molecule has 3 aromatic carbocycles. The number of imide groups is 2. The number of nitrogens with zero attached hydrogens (tertiary/aromatic N) is 1. The average Bonchev–Trinajstić information content (AvgIpc) is 2.76. The topological polar surface area (TPSA) is 75.7 Å². The molecule has 32 heavy (non-hydrogen) atoms. The van der Waals surface area contributed by atoms with Gasteiger partial charge in [0.25, 0.3) is 11.8 Å². The largest absolute Gasteiger partial charge is 0.489 e. The van der Waals surface area contributed by atoms with Crippen LogP contribution in [0, 0.1) is 6.92 Å². The quantitative estimate of drug-likeness (QED) is 0.447. The average molecular weight is 447 g/mol. The molecule has 4 rings (SSSR count). The fraction of sp³-hybridized carbons (Fsp3) is 0.0800. The molecular formula is C25H19ClN2O4. The number of ether oxygens (including phenoxy) is 1. The zero-order chi connectivity index (χ0) is 22.7. The van der Waals surface area contributed by atoms with Crippen molar-refractivity contribution in [3.63, 3.8) is 0 Å². The number of nitrogens with one attached hydrogen (secondary N) is 1. The first-order valence-electron chi connectivity index (χ1n) is 9.86. The van der Waals surface area contributed by atoms with Gasteiger partial charge in [-0.25, -0.2) is 9.69 Å². The van der Waals surface area contributed by atoms with Crippen LogP contribution in [0.3, 0.4) is 0 Å². The van der Waals surface area contributed by atoms with Gasteiger partial charge in [0.2, 0.25) is 0 Å². The van der Waals surface area contributed by atoms with E-state index in [1.165, 1.54) is 12.1 Å². The summed E-state index contributed by atoms with van der Waals surface area (Å²) in [6.07, 6.45) is 1.44. The van der Waals surface area contributed by atoms with E-state index in [0.29, 0.717) is 22.9 Å². The van der Waals surface area contributed by atoms with Gasteiger partial charge in [0.05, 0.1) is 5.69 Å². The number of rotatable bonds is 5. The summed E-state index contributed by atoms with van der Waals surface area (Å²) in [6, 6.07) is 20.5. The van der Waals surface area contributed by atoms with Crippen LogP contribution in [0.2, 0.25) is 5.02 Å². The third-order valence-electron chi connectivity index (χ3n) is 4.85. The van der Waals surface area contributed by atoms with Crippen molar-refractivity contribution in [2.45, 2.75) is 13.5 Å². The lowest BCUT2D eigenvalue weighted by molar-refractivity contribution is -0.122. The second-order valence-corrected chi connectivity index (χ2v) is 7.72. The summed E-state index contributed by atoms with van der Waals surface area (Å²) in [5.74, 6) is -0.817. The Morgan fingerprint density at radius 2 is 1.72 bits per heavy atom. The van der Waals surface area contributed by atoms with Gasteiger partial charge >= 0.3 is 6.03 Å². The van der Waals surface area contributed by atoms with Crippen LogP contribution in [0.4, 0.5) is 10.5 Å². The van der Waals surface area contributed by atoms with E-state index in [1.54, 1.807) is 42.5 Å². The minimum Gasteiger partial charge on any atom is -0.489 e. The van der Waals surface area contributed by atoms with Gasteiger partial charge in [-0.05, 0) is 54.5 Å². The molecule has 160 valence electrons. The number of anilines is 1. The van der Waals surface area contributed by atoms with E-state index in [9.17, 15) is 14.4 Å². The second-order valence-electron chi connectivity index (χ2n) is 7.28. The van der Waals surface area contributed by atoms with Crippen molar-refractivity contribution < 1.29 is 19.1 Å². The van der Waals surface area contributed by atoms with E-state index in [-0.39, 0.29) is 11.3 Å². The number of barbiturate groups is 1. The molecule has 0 aromatic heterocycles. The molecule has 1 heterocycles. The minimum atomic E-state index is -0.820. The smallest absolute Gasteiger partial charge is 0.335 e. The van der Waals surface area contributed by atoms with Gasteiger partial charge in [0.1, 0.15) is 17.9 Å². The van der Waals surface area contributed by atoms with Crippen molar-refractivity contribution in [1.29, 1.82) is 0 Å². The number of hydrogen-bond donors (Lipinski definition) is 1. The predicted octanol–water partition coefficient (Wildman–Crippen LogP) is 4.89. The number of carbonyl (C=O) groups is 3. The first kappa shape index (κ1) is 21.3. The minimum absolute atomic E-state index is 0.155. The first-order chi connectivity index (χ1) is 15.4. The lowest BCUT2D eigenvalue weighted by Crippen LogP contribution is -2.54. The highest BCUT2D eigenvalue weighted by Gasteiger charge is 2.36. The zero-order valence-electron chi connectivity index (χ0n) is 17.2. The predicted molar refractivity (Wildman–Crippen MR) is 122 cm³/mol. The summed E-state index contributed by atoms with van der Waals surface area (Å²) in [6.45, 7) is 2.45. The van der Waals surface area contributed by atoms with Crippen molar-refractivity contribution in [2.24, 2.45) is 0 Å². The third kappa shape index (κ3) is 4.71. The maximum Gasteiger partial charge on any atom is 0.335 e. The summed E-state index contributed by atoms with van der Waals surface area (Å²) in [7, 11) is 0. The standard InChI is InChI=1S/C25H19ClN2O4/c1-16-4-2-5-18(12-16)15-32-21-10-8-17(9-11-21)13-22-23(29)27-25(31)28(24(22)30)20-7-3-6-19(26)14-20/h2-14H,15H2,1H3,(H,27,29,31)/b22-13+. The third-order valence-corrected chi connectivity index (χ3v) is 5.08. The summed E-state index contributed by atoms with van der Waals surface area (Å²) in [5.41, 5.74) is 2.96. The Hall–Kier alpha value is -3.90. The molecule has 0 aliphatic carbocycles. The Balaban J connectivity index is 1.52. The Labute approximate surface area is 190 Å². The van der Waals surface area contributed by atoms with Crippen LogP contribution in [0.25, 0.3) is 6.08 Å². The molecule has 4 amide bonds. The molecule has 0 unspecified atom stereocenters. The maximum atomic E-state index is 12.9. The number of amides is 4. The second kappa shape index (κ2) is 9.08. The highest BCUT2D eigenvalue weighted by molar-refractivity contribution is 6.39. The molecular weight excluding hydrogens is 428 g/mol. The highest BCUT2D eigenvalue weighted by atomic mass is 35.5. The summed E-state index contributed by atoms with van der Waals surface area (Å²) < 4.78 is 5.80. The molecule has 0 spiro atoms. The van der Waals surface area contributed by atoms with E-state index in [0.717, 1.165) is 16.0 Å². The van der Waals surface area contributed by atoms with Crippen molar-refractivity contribution in [3.05, 3.63) is 100 Å². The molecule has 1 fully saturated rings. The van der Waals surface area contributed by atoms with Gasteiger partial charge in [0.15, 0.2) is 0 Å². The van der Waals surface area contributed by atoms with Gasteiger partial charge < -0.3 is 4.74 Å². The molecule has 0 radical (unpaired) electrons. The summed E-state index contributed by atoms with van der Waals surface area (Å²) >= 11 is 5.98. The molecule has 0 bridgehead atoms. The van der Waals surface area contributed by atoms with Crippen LogP contribution in [-0.2, 0) is 16.2 Å². The fourth-order valence-electron chi connectivity index (χ4n) is 3.30. The molecule has 1 saturated heterocycles. The van der Waals surface area contributed by atoms with Crippen LogP contribution in [0.15, 0.2) is 78.4 Å². The molecule has 1 aliphatic heterocycles. The first-order valence-corrected chi connectivity index (χ1v) is 10.2. The Bertz CT molecular complexity index is 1230. The lowest BCUT2D eigenvalue weighted by atomic mass is 10.1. The number of aryl methyl sites for hydroxylation is 1. The molecule has 6 nitrogen and oxygen atoms in total. The maximum absolute atomic E-state index is 12.9. The summed E-state index contributed by atoms with van der Waals surface area (Å²) in [4.78, 5) is 38.4. The van der Waals surface area contributed by atoms with E-state index >= 15 is 0 Å². The normalized spacial score (nSPS) is 15.1. The molecule has 1 aliphatic rings. The van der Waals surface area contributed by atoms with Gasteiger partial charge in [0, 0.05) is 5.02 Å². The molecule has 0 atom stereocenters. The number of benzene rings is 3. The number of halogens is 1. The number of carbonyl (C=O) groups excluding carboxylic acids is 3. The van der Waals surface area contributed by atoms with E-state index in [4.69, 9.17) is 16.3 Å². The SMILES string of the molecule is Cc1cccc(COc2ccc(/C=C3\C(=O)NC(=O)N(c4cccc(Cl)c4)C3=O)cc2)c1. The molecule has 0 saturated carbocycles. The summed E-state index contributed by atoms with van der Waals surface area (Å²) in [5, 5.41) is 2.56. The van der Waals surface area contributed by atoms with Crippen LogP contribution < -0.4 is 15.0 Å². The van der Waals surface area contributed by atoms with Crippen LogP contribution in [0.5, 0.6) is 5.75 Å². The van der Waals surface area contributed by atoms with Crippen molar-refractivity contribution >= 4 is 41.2 Å². The van der Waals surface area contributed by atoms with Crippen LogP contribution in [-0.4, -0.2) is 17.8 Å². The van der Waals surface area contributed by atoms with Gasteiger partial charge in [-0.2, -0.15) is 0 Å². The fourth-order valence-corrected chi connectivity index (χ4v) is 3.49. The van der Waals surface area contributed by atoms with Gasteiger partial charge in [-0.1, -0.05) is 59.6 Å². The van der Waals surface area contributed by atoms with E-state index in [2.05, 4.69) is 11.4 Å². The van der Waals surface area contributed by atoms with Crippen molar-refractivity contribution in [3.8, 4) is 5.75 Å². The number of urea groups is 1. The van der Waals surface area contributed by atoms with Crippen molar-refractivity contribution in [2.75, 3.05) is 4.90 Å². The zero-order valence-corrected chi connectivity index (χ0v) is 17.9. The highest BCUT2D eigenvalue weighted by Crippen LogP contribution is 2.25. The Morgan fingerprint density at radius 1 is 0.969 bits per heavy atom. The lowest BCUT2D eigenvalue weighted by Gasteiger charge is -2.26. The van der Waals surface area contributed by atoms with Crippen molar-refractivity contribution in [1.82, 2.24) is 5.32 Å². The van der Waals surface area contributed by atoms with Crippen LogP contribution >= 0.6 is 11.6 Å².